The molecular weight excluding hydrogens is 420 g/mol. The first kappa shape index (κ1) is 18.2. The van der Waals surface area contributed by atoms with E-state index in [1.807, 2.05) is 48.9 Å². The van der Waals surface area contributed by atoms with Crippen LogP contribution in [0.15, 0.2) is 51.4 Å². The first-order valence-corrected chi connectivity index (χ1v) is 10.2. The van der Waals surface area contributed by atoms with Crippen LogP contribution < -0.4 is 5.32 Å². The molecule has 0 radical (unpaired) electrons. The second-order valence-corrected chi connectivity index (χ2v) is 8.73. The number of thiophene rings is 1. The normalized spacial score (nSPS) is 12.1. The van der Waals surface area contributed by atoms with Crippen LogP contribution in [0.1, 0.15) is 17.6 Å². The molecular formula is C17H17BrN4OS2. The van der Waals surface area contributed by atoms with Crippen molar-refractivity contribution in [2.75, 3.05) is 5.32 Å². The summed E-state index contributed by atoms with van der Waals surface area (Å²) >= 11 is 6.49. The Hall–Kier alpha value is -1.64. The molecule has 1 N–H and O–H groups in total. The SMILES string of the molecule is C[C@H](Sc1nnc(Cc2cccs2)n1C)C(=O)Nc1ccc(Br)cc1. The molecule has 0 aliphatic carbocycles. The molecule has 5 nitrogen and oxygen atoms in total. The standard InChI is InChI=1S/C17H17BrN4OS2/c1-11(16(23)19-13-7-5-12(18)6-8-13)25-17-21-20-15(22(17)2)10-14-4-3-9-24-14/h3-9,11H,10H2,1-2H3,(H,19,23)/t11-/m0/s1. The third kappa shape index (κ3) is 4.71. The van der Waals surface area contributed by atoms with Gasteiger partial charge in [-0.2, -0.15) is 0 Å². The minimum absolute atomic E-state index is 0.0601. The number of carbonyl (C=O) groups is 1. The first-order valence-electron chi connectivity index (χ1n) is 7.66. The van der Waals surface area contributed by atoms with Crippen molar-refractivity contribution in [3.63, 3.8) is 0 Å². The van der Waals surface area contributed by atoms with E-state index in [0.29, 0.717) is 0 Å². The summed E-state index contributed by atoms with van der Waals surface area (Å²) in [6, 6.07) is 11.6. The summed E-state index contributed by atoms with van der Waals surface area (Å²) < 4.78 is 2.93. The summed E-state index contributed by atoms with van der Waals surface area (Å²) in [5, 5.41) is 13.9. The summed E-state index contributed by atoms with van der Waals surface area (Å²) in [7, 11) is 1.94. The lowest BCUT2D eigenvalue weighted by Gasteiger charge is -2.11. The smallest absolute Gasteiger partial charge is 0.237 e. The van der Waals surface area contributed by atoms with E-state index in [1.54, 1.807) is 11.3 Å². The molecule has 1 amide bonds. The molecule has 3 rings (SSSR count). The molecule has 0 unspecified atom stereocenters. The number of thioether (sulfide) groups is 1. The van der Waals surface area contributed by atoms with E-state index in [0.717, 1.165) is 27.6 Å². The molecule has 8 heteroatoms. The minimum atomic E-state index is -0.277. The van der Waals surface area contributed by atoms with Crippen LogP contribution >= 0.6 is 39.0 Å². The van der Waals surface area contributed by atoms with Gasteiger partial charge in [-0.3, -0.25) is 4.79 Å². The number of hydrogen-bond acceptors (Lipinski definition) is 5. The van der Waals surface area contributed by atoms with E-state index >= 15 is 0 Å². The Bertz CT molecular complexity index is 846. The molecule has 2 heterocycles. The van der Waals surface area contributed by atoms with E-state index in [-0.39, 0.29) is 11.2 Å². The second-order valence-electron chi connectivity index (χ2n) is 5.47. The van der Waals surface area contributed by atoms with Crippen LogP contribution in [0.4, 0.5) is 5.69 Å². The highest BCUT2D eigenvalue weighted by atomic mass is 79.9. The number of nitrogens with one attached hydrogen (secondary N) is 1. The summed E-state index contributed by atoms with van der Waals surface area (Å²) in [5.41, 5.74) is 0.775. The largest absolute Gasteiger partial charge is 0.325 e. The summed E-state index contributed by atoms with van der Waals surface area (Å²) in [6.07, 6.45) is 0.751. The number of nitrogens with zero attached hydrogens (tertiary/aromatic N) is 3. The summed E-state index contributed by atoms with van der Waals surface area (Å²) in [6.45, 7) is 1.87. The van der Waals surface area contributed by atoms with Crippen molar-refractivity contribution in [1.82, 2.24) is 14.8 Å². The van der Waals surface area contributed by atoms with Gasteiger partial charge in [0.15, 0.2) is 5.16 Å². The predicted octanol–water partition coefficient (Wildman–Crippen LogP) is 4.35. The van der Waals surface area contributed by atoms with E-state index in [4.69, 9.17) is 0 Å². The first-order chi connectivity index (χ1) is 12.0. The molecule has 1 atom stereocenters. The highest BCUT2D eigenvalue weighted by molar-refractivity contribution is 9.10. The molecule has 0 spiro atoms. The van der Waals surface area contributed by atoms with Crippen molar-refractivity contribution in [3.8, 4) is 0 Å². The monoisotopic (exact) mass is 436 g/mol. The Morgan fingerprint density at radius 1 is 1.32 bits per heavy atom. The highest BCUT2D eigenvalue weighted by Gasteiger charge is 2.19. The number of hydrogen-bond donors (Lipinski definition) is 1. The highest BCUT2D eigenvalue weighted by Crippen LogP contribution is 2.24. The minimum Gasteiger partial charge on any atom is -0.325 e. The predicted molar refractivity (Wildman–Crippen MR) is 106 cm³/mol. The third-order valence-electron chi connectivity index (χ3n) is 3.60. The molecule has 2 aromatic heterocycles. The van der Waals surface area contributed by atoms with Crippen molar-refractivity contribution in [3.05, 3.63) is 57.0 Å². The van der Waals surface area contributed by atoms with Crippen molar-refractivity contribution in [1.29, 1.82) is 0 Å². The Morgan fingerprint density at radius 3 is 2.76 bits per heavy atom. The van der Waals surface area contributed by atoms with Gasteiger partial charge in [0.1, 0.15) is 5.82 Å². The molecule has 25 heavy (non-hydrogen) atoms. The van der Waals surface area contributed by atoms with Crippen LogP contribution in [-0.4, -0.2) is 25.9 Å². The lowest BCUT2D eigenvalue weighted by molar-refractivity contribution is -0.115. The number of rotatable bonds is 6. The zero-order chi connectivity index (χ0) is 17.8. The van der Waals surface area contributed by atoms with Gasteiger partial charge in [0, 0.05) is 28.5 Å². The van der Waals surface area contributed by atoms with Gasteiger partial charge >= 0.3 is 0 Å². The van der Waals surface area contributed by atoms with Crippen molar-refractivity contribution in [2.45, 2.75) is 23.8 Å². The summed E-state index contributed by atoms with van der Waals surface area (Å²) in [5.74, 6) is 0.834. The number of anilines is 1. The van der Waals surface area contributed by atoms with E-state index < -0.39 is 0 Å². The van der Waals surface area contributed by atoms with Crippen LogP contribution in [0.2, 0.25) is 0 Å². The van der Waals surface area contributed by atoms with Gasteiger partial charge in [-0.15, -0.1) is 21.5 Å². The number of halogens is 1. The fourth-order valence-corrected chi connectivity index (χ4v) is 3.96. The van der Waals surface area contributed by atoms with E-state index in [9.17, 15) is 4.79 Å². The number of aromatic nitrogens is 3. The van der Waals surface area contributed by atoms with Crippen LogP contribution in [-0.2, 0) is 18.3 Å². The van der Waals surface area contributed by atoms with Gasteiger partial charge < -0.3 is 9.88 Å². The topological polar surface area (TPSA) is 59.8 Å². The molecule has 0 aliphatic rings. The average Bonchev–Trinajstić information content (AvgIpc) is 3.22. The fraction of sp³-hybridized carbons (Fsp3) is 0.235. The Morgan fingerprint density at radius 2 is 2.08 bits per heavy atom. The quantitative estimate of drug-likeness (QED) is 0.583. The fourth-order valence-electron chi connectivity index (χ4n) is 2.16. The number of carbonyl (C=O) groups excluding carboxylic acids is 1. The average molecular weight is 437 g/mol. The third-order valence-corrected chi connectivity index (χ3v) is 6.14. The van der Waals surface area contributed by atoms with Crippen molar-refractivity contribution in [2.24, 2.45) is 7.05 Å². The molecule has 1 aromatic carbocycles. The maximum absolute atomic E-state index is 12.4. The Balaban J connectivity index is 1.62. The maximum atomic E-state index is 12.4. The van der Waals surface area contributed by atoms with Gasteiger partial charge in [0.05, 0.1) is 5.25 Å². The van der Waals surface area contributed by atoms with Gasteiger partial charge in [-0.1, -0.05) is 33.8 Å². The molecule has 0 aliphatic heterocycles. The van der Waals surface area contributed by atoms with Gasteiger partial charge in [-0.25, -0.2) is 0 Å². The van der Waals surface area contributed by atoms with Gasteiger partial charge in [0.2, 0.25) is 5.91 Å². The van der Waals surface area contributed by atoms with Gasteiger partial charge in [0.25, 0.3) is 0 Å². The van der Waals surface area contributed by atoms with Crippen LogP contribution in [0.25, 0.3) is 0 Å². The second kappa shape index (κ2) is 8.16. The van der Waals surface area contributed by atoms with E-state index in [1.165, 1.54) is 16.6 Å². The molecule has 0 saturated carbocycles. The van der Waals surface area contributed by atoms with E-state index in [2.05, 4.69) is 42.9 Å². The lowest BCUT2D eigenvalue weighted by Crippen LogP contribution is -2.22. The molecule has 0 fully saturated rings. The molecule has 3 aromatic rings. The maximum Gasteiger partial charge on any atom is 0.237 e. The van der Waals surface area contributed by atoms with Gasteiger partial charge in [-0.05, 0) is 42.6 Å². The summed E-state index contributed by atoms with van der Waals surface area (Å²) in [4.78, 5) is 13.6. The van der Waals surface area contributed by atoms with Crippen LogP contribution in [0.3, 0.4) is 0 Å². The zero-order valence-corrected chi connectivity index (χ0v) is 17.0. The van der Waals surface area contributed by atoms with Crippen molar-refractivity contribution >= 4 is 50.6 Å². The van der Waals surface area contributed by atoms with Crippen LogP contribution in [0, 0.1) is 0 Å². The Kier molecular flexibility index (Phi) is 5.93. The molecule has 0 bridgehead atoms. The number of amides is 1. The zero-order valence-electron chi connectivity index (χ0n) is 13.8. The number of benzene rings is 1. The van der Waals surface area contributed by atoms with Crippen molar-refractivity contribution < 1.29 is 4.79 Å². The lowest BCUT2D eigenvalue weighted by atomic mass is 10.3. The molecule has 130 valence electrons. The van der Waals surface area contributed by atoms with Crippen LogP contribution in [0.5, 0.6) is 0 Å². The Labute approximate surface area is 163 Å². The molecule has 0 saturated heterocycles.